The maximum absolute atomic E-state index is 12.5. The van der Waals surface area contributed by atoms with E-state index in [1.807, 2.05) is 6.07 Å². The normalized spacial score (nSPS) is 15.5. The van der Waals surface area contributed by atoms with Gasteiger partial charge in [0.1, 0.15) is 11.5 Å². The number of hydrogen-bond acceptors (Lipinski definition) is 4. The van der Waals surface area contributed by atoms with E-state index in [1.165, 1.54) is 0 Å². The summed E-state index contributed by atoms with van der Waals surface area (Å²) >= 11 is 0. The second-order valence-corrected chi connectivity index (χ2v) is 6.14. The zero-order chi connectivity index (χ0) is 18.5. The SMILES string of the molecule is CCCCOc1cccc(C(=O)Nc2ccc3c(c2)NC(=O)[C@H](C)O3)c1. The number of nitrogens with one attached hydrogen (secondary N) is 2. The van der Waals surface area contributed by atoms with Gasteiger partial charge in [-0.25, -0.2) is 0 Å². The molecule has 2 aromatic rings. The molecule has 1 atom stereocenters. The van der Waals surface area contributed by atoms with Gasteiger partial charge in [-0.2, -0.15) is 0 Å². The molecular weight excluding hydrogens is 332 g/mol. The molecule has 0 bridgehead atoms. The van der Waals surface area contributed by atoms with Crippen LogP contribution >= 0.6 is 0 Å². The fourth-order valence-corrected chi connectivity index (χ4v) is 2.55. The molecule has 0 aromatic heterocycles. The van der Waals surface area contributed by atoms with Gasteiger partial charge in [0.05, 0.1) is 12.3 Å². The van der Waals surface area contributed by atoms with Crippen molar-refractivity contribution in [2.75, 3.05) is 17.2 Å². The number of rotatable bonds is 6. The van der Waals surface area contributed by atoms with Crippen LogP contribution in [0, 0.1) is 0 Å². The van der Waals surface area contributed by atoms with E-state index in [9.17, 15) is 9.59 Å². The number of unbranched alkanes of at least 4 members (excludes halogenated alkanes) is 1. The smallest absolute Gasteiger partial charge is 0.265 e. The standard InChI is InChI=1S/C20H22N2O4/c1-3-4-10-25-16-7-5-6-14(11-16)20(24)21-15-8-9-18-17(12-15)22-19(23)13(2)26-18/h5-9,11-13H,3-4,10H2,1-2H3,(H,21,24)(H,22,23)/t13-/m0/s1. The van der Waals surface area contributed by atoms with Crippen molar-refractivity contribution in [2.24, 2.45) is 0 Å². The van der Waals surface area contributed by atoms with Gasteiger partial charge in [0.15, 0.2) is 6.10 Å². The lowest BCUT2D eigenvalue weighted by Crippen LogP contribution is -2.34. The zero-order valence-electron chi connectivity index (χ0n) is 14.9. The number of fused-ring (bicyclic) bond motifs is 1. The van der Waals surface area contributed by atoms with Gasteiger partial charge in [-0.1, -0.05) is 19.4 Å². The average Bonchev–Trinajstić information content (AvgIpc) is 2.63. The number of hydrogen-bond donors (Lipinski definition) is 2. The highest BCUT2D eigenvalue weighted by Gasteiger charge is 2.23. The Morgan fingerprint density at radius 1 is 1.27 bits per heavy atom. The molecular formula is C20H22N2O4. The minimum atomic E-state index is -0.529. The molecule has 6 nitrogen and oxygen atoms in total. The first kappa shape index (κ1) is 17.8. The van der Waals surface area contributed by atoms with Crippen molar-refractivity contribution in [1.29, 1.82) is 0 Å². The Morgan fingerprint density at radius 2 is 2.12 bits per heavy atom. The fourth-order valence-electron chi connectivity index (χ4n) is 2.55. The van der Waals surface area contributed by atoms with Crippen LogP contribution in [0.1, 0.15) is 37.0 Å². The first-order chi connectivity index (χ1) is 12.6. The van der Waals surface area contributed by atoms with Crippen LogP contribution in [0.25, 0.3) is 0 Å². The van der Waals surface area contributed by atoms with E-state index >= 15 is 0 Å². The molecule has 26 heavy (non-hydrogen) atoms. The molecule has 2 N–H and O–H groups in total. The summed E-state index contributed by atoms with van der Waals surface area (Å²) in [7, 11) is 0. The van der Waals surface area contributed by atoms with Gasteiger partial charge in [-0.15, -0.1) is 0 Å². The highest BCUT2D eigenvalue weighted by Crippen LogP contribution is 2.32. The molecule has 0 saturated heterocycles. The Balaban J connectivity index is 1.69. The maximum atomic E-state index is 12.5. The van der Waals surface area contributed by atoms with Gasteiger partial charge in [-0.05, 0) is 49.7 Å². The summed E-state index contributed by atoms with van der Waals surface area (Å²) in [5.41, 5.74) is 1.62. The van der Waals surface area contributed by atoms with Crippen LogP contribution in [0.4, 0.5) is 11.4 Å². The van der Waals surface area contributed by atoms with E-state index in [1.54, 1.807) is 43.3 Å². The third-order valence-electron chi connectivity index (χ3n) is 4.03. The third-order valence-corrected chi connectivity index (χ3v) is 4.03. The molecule has 2 aromatic carbocycles. The second kappa shape index (κ2) is 7.91. The molecule has 136 valence electrons. The molecule has 1 aliphatic rings. The lowest BCUT2D eigenvalue weighted by Gasteiger charge is -2.23. The number of carbonyl (C=O) groups excluding carboxylic acids is 2. The number of benzene rings is 2. The molecule has 6 heteroatoms. The van der Waals surface area contributed by atoms with Crippen molar-refractivity contribution >= 4 is 23.2 Å². The summed E-state index contributed by atoms with van der Waals surface area (Å²) in [6, 6.07) is 12.2. The Hall–Kier alpha value is -3.02. The first-order valence-electron chi connectivity index (χ1n) is 8.72. The molecule has 0 fully saturated rings. The van der Waals surface area contributed by atoms with Gasteiger partial charge in [0.2, 0.25) is 0 Å². The van der Waals surface area contributed by atoms with E-state index in [-0.39, 0.29) is 11.8 Å². The summed E-state index contributed by atoms with van der Waals surface area (Å²) in [5.74, 6) is 0.799. The third kappa shape index (κ3) is 4.14. The molecule has 0 spiro atoms. The monoisotopic (exact) mass is 354 g/mol. The average molecular weight is 354 g/mol. The van der Waals surface area contributed by atoms with Gasteiger partial charge >= 0.3 is 0 Å². The molecule has 2 amide bonds. The summed E-state index contributed by atoms with van der Waals surface area (Å²) in [5, 5.41) is 5.59. The van der Waals surface area contributed by atoms with Crippen molar-refractivity contribution < 1.29 is 19.1 Å². The minimum absolute atomic E-state index is 0.210. The summed E-state index contributed by atoms with van der Waals surface area (Å²) in [4.78, 5) is 24.2. The molecule has 0 radical (unpaired) electrons. The van der Waals surface area contributed by atoms with Gasteiger partial charge in [0.25, 0.3) is 11.8 Å². The van der Waals surface area contributed by atoms with Crippen molar-refractivity contribution in [1.82, 2.24) is 0 Å². The van der Waals surface area contributed by atoms with Crippen LogP contribution < -0.4 is 20.1 Å². The van der Waals surface area contributed by atoms with Gasteiger partial charge in [0, 0.05) is 11.3 Å². The Morgan fingerprint density at radius 3 is 2.92 bits per heavy atom. The number of carbonyl (C=O) groups is 2. The van der Waals surface area contributed by atoms with E-state index in [2.05, 4.69) is 17.6 Å². The van der Waals surface area contributed by atoms with Crippen LogP contribution in [0.2, 0.25) is 0 Å². The second-order valence-electron chi connectivity index (χ2n) is 6.14. The molecule has 1 heterocycles. The Kier molecular flexibility index (Phi) is 5.41. The Labute approximate surface area is 152 Å². The van der Waals surface area contributed by atoms with Crippen LogP contribution in [0.3, 0.4) is 0 Å². The molecule has 0 aliphatic carbocycles. The van der Waals surface area contributed by atoms with E-state index in [0.717, 1.165) is 12.8 Å². The number of anilines is 2. The molecule has 3 rings (SSSR count). The van der Waals surface area contributed by atoms with E-state index in [0.29, 0.717) is 35.0 Å². The summed E-state index contributed by atoms with van der Waals surface area (Å²) in [6.07, 6.45) is 1.49. The maximum Gasteiger partial charge on any atom is 0.265 e. The zero-order valence-corrected chi connectivity index (χ0v) is 14.9. The van der Waals surface area contributed by atoms with Gasteiger partial charge < -0.3 is 20.1 Å². The number of ether oxygens (including phenoxy) is 2. The van der Waals surface area contributed by atoms with Crippen LogP contribution in [-0.4, -0.2) is 24.5 Å². The summed E-state index contributed by atoms with van der Waals surface area (Å²) < 4.78 is 11.1. The molecule has 0 unspecified atom stereocenters. The quantitative estimate of drug-likeness (QED) is 0.773. The highest BCUT2D eigenvalue weighted by molar-refractivity contribution is 6.05. The molecule has 0 saturated carbocycles. The van der Waals surface area contributed by atoms with Crippen LogP contribution in [0.5, 0.6) is 11.5 Å². The molecule has 1 aliphatic heterocycles. The largest absolute Gasteiger partial charge is 0.494 e. The topological polar surface area (TPSA) is 76.7 Å². The van der Waals surface area contributed by atoms with Crippen molar-refractivity contribution in [3.8, 4) is 11.5 Å². The van der Waals surface area contributed by atoms with Crippen molar-refractivity contribution in [3.63, 3.8) is 0 Å². The summed E-state index contributed by atoms with van der Waals surface area (Å²) in [6.45, 7) is 4.41. The van der Waals surface area contributed by atoms with E-state index in [4.69, 9.17) is 9.47 Å². The lowest BCUT2D eigenvalue weighted by atomic mass is 10.1. The first-order valence-corrected chi connectivity index (χ1v) is 8.72. The van der Waals surface area contributed by atoms with Gasteiger partial charge in [-0.3, -0.25) is 9.59 Å². The van der Waals surface area contributed by atoms with E-state index < -0.39 is 6.10 Å². The lowest BCUT2D eigenvalue weighted by molar-refractivity contribution is -0.122. The van der Waals surface area contributed by atoms with Crippen LogP contribution in [-0.2, 0) is 4.79 Å². The van der Waals surface area contributed by atoms with Crippen LogP contribution in [0.15, 0.2) is 42.5 Å². The number of amides is 2. The minimum Gasteiger partial charge on any atom is -0.494 e. The fraction of sp³-hybridized carbons (Fsp3) is 0.300. The highest BCUT2D eigenvalue weighted by atomic mass is 16.5. The predicted molar refractivity (Wildman–Crippen MR) is 100.0 cm³/mol. The van der Waals surface area contributed by atoms with Crippen molar-refractivity contribution in [3.05, 3.63) is 48.0 Å². The van der Waals surface area contributed by atoms with Crippen molar-refractivity contribution in [2.45, 2.75) is 32.8 Å². The Bertz CT molecular complexity index is 819. The predicted octanol–water partition coefficient (Wildman–Crippen LogP) is 3.84.